The molecule has 1 aliphatic carbocycles. The Balaban J connectivity index is 1.58. The van der Waals surface area contributed by atoms with Crippen LogP contribution in [0.25, 0.3) is 11.4 Å². The Hall–Kier alpha value is -2.44. The highest BCUT2D eigenvalue weighted by Crippen LogP contribution is 2.36. The van der Waals surface area contributed by atoms with Crippen LogP contribution in [0.5, 0.6) is 0 Å². The minimum Gasteiger partial charge on any atom is -0.322 e. The SMILES string of the molecule is O=C(Nc1cccc(-c2nnnn2C2CC2)c1)c1ccc(Cl)c(Cl)c1. The average Bonchev–Trinajstić information content (AvgIpc) is 3.34. The molecule has 0 radical (unpaired) electrons. The van der Waals surface area contributed by atoms with Crippen LogP contribution in [0.15, 0.2) is 42.5 Å². The quantitative estimate of drug-likeness (QED) is 0.742. The van der Waals surface area contributed by atoms with Crippen LogP contribution in [-0.4, -0.2) is 26.1 Å². The molecule has 0 aliphatic heterocycles. The number of nitrogens with one attached hydrogen (secondary N) is 1. The molecule has 0 spiro atoms. The van der Waals surface area contributed by atoms with Crippen LogP contribution in [0, 0.1) is 0 Å². The van der Waals surface area contributed by atoms with Crippen LogP contribution in [0.3, 0.4) is 0 Å². The molecular formula is C17H13Cl2N5O. The molecule has 0 atom stereocenters. The zero-order valence-corrected chi connectivity index (χ0v) is 14.5. The number of tetrazole rings is 1. The summed E-state index contributed by atoms with van der Waals surface area (Å²) in [5.74, 6) is 0.436. The molecule has 0 bridgehead atoms. The van der Waals surface area contributed by atoms with Crippen molar-refractivity contribution < 1.29 is 4.79 Å². The zero-order valence-electron chi connectivity index (χ0n) is 13.0. The van der Waals surface area contributed by atoms with Crippen LogP contribution in [0.4, 0.5) is 5.69 Å². The van der Waals surface area contributed by atoms with Crippen LogP contribution >= 0.6 is 23.2 Å². The van der Waals surface area contributed by atoms with Gasteiger partial charge >= 0.3 is 0 Å². The van der Waals surface area contributed by atoms with Gasteiger partial charge in [0.2, 0.25) is 0 Å². The number of carbonyl (C=O) groups is 1. The minimum atomic E-state index is -0.266. The molecular weight excluding hydrogens is 361 g/mol. The third kappa shape index (κ3) is 3.36. The summed E-state index contributed by atoms with van der Waals surface area (Å²) in [4.78, 5) is 12.4. The van der Waals surface area contributed by atoms with E-state index < -0.39 is 0 Å². The van der Waals surface area contributed by atoms with E-state index >= 15 is 0 Å². The van der Waals surface area contributed by atoms with Gasteiger partial charge in [0.1, 0.15) is 0 Å². The number of anilines is 1. The summed E-state index contributed by atoms with van der Waals surface area (Å²) in [6.45, 7) is 0. The molecule has 8 heteroatoms. The van der Waals surface area contributed by atoms with Gasteiger partial charge in [0.25, 0.3) is 5.91 Å². The predicted molar refractivity (Wildman–Crippen MR) is 95.9 cm³/mol. The van der Waals surface area contributed by atoms with Crippen molar-refractivity contribution in [3.05, 3.63) is 58.1 Å². The van der Waals surface area contributed by atoms with Crippen LogP contribution in [-0.2, 0) is 0 Å². The van der Waals surface area contributed by atoms with Gasteiger partial charge in [-0.05, 0) is 53.6 Å². The van der Waals surface area contributed by atoms with E-state index in [9.17, 15) is 4.79 Å². The molecule has 2 aromatic carbocycles. The summed E-state index contributed by atoms with van der Waals surface area (Å²) in [5, 5.41) is 15.5. The fraction of sp³-hybridized carbons (Fsp3) is 0.176. The Kier molecular flexibility index (Phi) is 4.15. The number of hydrogen-bond donors (Lipinski definition) is 1. The van der Waals surface area contributed by atoms with Crippen molar-refractivity contribution in [1.82, 2.24) is 20.2 Å². The molecule has 25 heavy (non-hydrogen) atoms. The summed E-state index contributed by atoms with van der Waals surface area (Å²) < 4.78 is 1.83. The highest BCUT2D eigenvalue weighted by Gasteiger charge is 2.28. The second kappa shape index (κ2) is 6.46. The normalized spacial score (nSPS) is 13.7. The molecule has 1 fully saturated rings. The molecule has 0 unspecified atom stereocenters. The van der Waals surface area contributed by atoms with E-state index in [0.29, 0.717) is 33.2 Å². The average molecular weight is 374 g/mol. The summed E-state index contributed by atoms with van der Waals surface area (Å²) in [6, 6.07) is 12.6. The van der Waals surface area contributed by atoms with Crippen molar-refractivity contribution >= 4 is 34.8 Å². The molecule has 3 aromatic rings. The van der Waals surface area contributed by atoms with Gasteiger partial charge < -0.3 is 5.32 Å². The van der Waals surface area contributed by atoms with E-state index in [0.717, 1.165) is 18.4 Å². The molecule has 4 rings (SSSR count). The summed E-state index contributed by atoms with van der Waals surface area (Å²) in [6.07, 6.45) is 2.18. The van der Waals surface area contributed by atoms with Crippen LogP contribution in [0.2, 0.25) is 10.0 Å². The van der Waals surface area contributed by atoms with E-state index in [1.807, 2.05) is 28.9 Å². The van der Waals surface area contributed by atoms with Gasteiger partial charge in [-0.15, -0.1) is 5.10 Å². The maximum atomic E-state index is 12.4. The molecule has 0 saturated heterocycles. The Morgan fingerprint density at radius 1 is 1.12 bits per heavy atom. The van der Waals surface area contributed by atoms with Gasteiger partial charge in [0.05, 0.1) is 16.1 Å². The number of benzene rings is 2. The van der Waals surface area contributed by atoms with Crippen LogP contribution < -0.4 is 5.32 Å². The lowest BCUT2D eigenvalue weighted by atomic mass is 10.1. The topological polar surface area (TPSA) is 72.7 Å². The first-order chi connectivity index (χ1) is 12.1. The Bertz CT molecular complexity index is 952. The van der Waals surface area contributed by atoms with Crippen molar-refractivity contribution in [3.8, 4) is 11.4 Å². The number of aromatic nitrogens is 4. The van der Waals surface area contributed by atoms with E-state index in [4.69, 9.17) is 23.2 Å². The Morgan fingerprint density at radius 2 is 1.96 bits per heavy atom. The summed E-state index contributed by atoms with van der Waals surface area (Å²) in [7, 11) is 0. The molecule has 6 nitrogen and oxygen atoms in total. The summed E-state index contributed by atoms with van der Waals surface area (Å²) >= 11 is 11.9. The third-order valence-corrected chi connectivity index (χ3v) is 4.69. The minimum absolute atomic E-state index is 0.266. The number of hydrogen-bond acceptors (Lipinski definition) is 4. The van der Waals surface area contributed by atoms with Gasteiger partial charge in [0.15, 0.2) is 5.82 Å². The molecule has 126 valence electrons. The lowest BCUT2D eigenvalue weighted by Crippen LogP contribution is -2.12. The lowest BCUT2D eigenvalue weighted by Gasteiger charge is -2.08. The van der Waals surface area contributed by atoms with Gasteiger partial charge in [-0.3, -0.25) is 4.79 Å². The number of amides is 1. The summed E-state index contributed by atoms with van der Waals surface area (Å²) in [5.41, 5.74) is 1.94. The fourth-order valence-corrected chi connectivity index (χ4v) is 2.82. The molecule has 1 heterocycles. The molecule has 1 aromatic heterocycles. The highest BCUT2D eigenvalue weighted by atomic mass is 35.5. The second-order valence-electron chi connectivity index (χ2n) is 5.84. The molecule has 1 N–H and O–H groups in total. The van der Waals surface area contributed by atoms with E-state index in [-0.39, 0.29) is 5.91 Å². The van der Waals surface area contributed by atoms with Crippen molar-refractivity contribution in [1.29, 1.82) is 0 Å². The van der Waals surface area contributed by atoms with E-state index in [1.165, 1.54) is 6.07 Å². The maximum Gasteiger partial charge on any atom is 0.255 e. The monoisotopic (exact) mass is 373 g/mol. The number of carbonyl (C=O) groups excluding carboxylic acids is 1. The molecule has 1 aliphatic rings. The maximum absolute atomic E-state index is 12.4. The Morgan fingerprint density at radius 3 is 2.72 bits per heavy atom. The Labute approximate surface area is 153 Å². The standard InChI is InChI=1S/C17H13Cl2N5O/c18-14-7-4-11(9-15(14)19)17(25)20-12-3-1-2-10(8-12)16-21-22-23-24(16)13-5-6-13/h1-4,7-9,13H,5-6H2,(H,20,25). The van der Waals surface area contributed by atoms with Gasteiger partial charge in [-0.25, -0.2) is 4.68 Å². The van der Waals surface area contributed by atoms with Crippen molar-refractivity contribution in [2.24, 2.45) is 0 Å². The van der Waals surface area contributed by atoms with Crippen molar-refractivity contribution in [2.45, 2.75) is 18.9 Å². The van der Waals surface area contributed by atoms with E-state index in [1.54, 1.807) is 12.1 Å². The largest absolute Gasteiger partial charge is 0.322 e. The highest BCUT2D eigenvalue weighted by molar-refractivity contribution is 6.42. The van der Waals surface area contributed by atoms with Gasteiger partial charge in [0, 0.05) is 16.8 Å². The molecule has 1 saturated carbocycles. The van der Waals surface area contributed by atoms with Gasteiger partial charge in [-0.2, -0.15) is 0 Å². The number of nitrogens with zero attached hydrogens (tertiary/aromatic N) is 4. The van der Waals surface area contributed by atoms with E-state index in [2.05, 4.69) is 20.8 Å². The van der Waals surface area contributed by atoms with Crippen molar-refractivity contribution in [3.63, 3.8) is 0 Å². The lowest BCUT2D eigenvalue weighted by molar-refractivity contribution is 0.102. The van der Waals surface area contributed by atoms with Crippen molar-refractivity contribution in [2.75, 3.05) is 5.32 Å². The first-order valence-electron chi connectivity index (χ1n) is 7.76. The first kappa shape index (κ1) is 16.1. The first-order valence-corrected chi connectivity index (χ1v) is 8.52. The molecule has 1 amide bonds. The fourth-order valence-electron chi connectivity index (χ4n) is 2.53. The zero-order chi connectivity index (χ0) is 17.4. The number of halogens is 2. The van der Waals surface area contributed by atoms with Gasteiger partial charge in [-0.1, -0.05) is 35.3 Å². The second-order valence-corrected chi connectivity index (χ2v) is 6.66. The smallest absolute Gasteiger partial charge is 0.255 e. The number of rotatable bonds is 4. The van der Waals surface area contributed by atoms with Crippen LogP contribution in [0.1, 0.15) is 29.2 Å². The predicted octanol–water partition coefficient (Wildman–Crippen LogP) is 4.23. The third-order valence-electron chi connectivity index (χ3n) is 3.95.